The number of anilines is 1. The highest BCUT2D eigenvalue weighted by molar-refractivity contribution is 6.06. The van der Waals surface area contributed by atoms with Crippen LogP contribution in [0.2, 0.25) is 0 Å². The number of halogens is 1. The van der Waals surface area contributed by atoms with E-state index in [4.69, 9.17) is 4.74 Å². The summed E-state index contributed by atoms with van der Waals surface area (Å²) in [6.07, 6.45) is 7.64. The highest BCUT2D eigenvalue weighted by Gasteiger charge is 2.27. The fraction of sp³-hybridized carbons (Fsp3) is 0.308. The summed E-state index contributed by atoms with van der Waals surface area (Å²) >= 11 is 0. The Morgan fingerprint density at radius 3 is 2.89 bits per heavy atom. The number of benzene rings is 2. The smallest absolute Gasteiger partial charge is 0.258 e. The maximum absolute atomic E-state index is 14.9. The third-order valence-corrected chi connectivity index (χ3v) is 6.41. The van der Waals surface area contributed by atoms with Gasteiger partial charge < -0.3 is 14.6 Å². The normalized spacial score (nSPS) is 16.4. The summed E-state index contributed by atoms with van der Waals surface area (Å²) in [4.78, 5) is 17.7. The van der Waals surface area contributed by atoms with Crippen LogP contribution < -0.4 is 10.1 Å². The molecular weight excluding hydrogens is 447 g/mol. The number of amides is 1. The molecule has 1 unspecified atom stereocenters. The van der Waals surface area contributed by atoms with Crippen LogP contribution in [0.1, 0.15) is 60.8 Å². The van der Waals surface area contributed by atoms with Crippen molar-refractivity contribution in [3.05, 3.63) is 71.7 Å². The fourth-order valence-electron chi connectivity index (χ4n) is 4.39. The lowest BCUT2D eigenvalue weighted by molar-refractivity contribution is 0.102. The van der Waals surface area contributed by atoms with Crippen molar-refractivity contribution in [2.24, 2.45) is 0 Å². The number of carbonyl (C=O) groups excluding carboxylic acids is 1. The summed E-state index contributed by atoms with van der Waals surface area (Å²) in [5.74, 6) is -0.116. The van der Waals surface area contributed by atoms with Crippen LogP contribution in [0.5, 0.6) is 5.75 Å². The second kappa shape index (κ2) is 8.65. The third kappa shape index (κ3) is 3.96. The van der Waals surface area contributed by atoms with Gasteiger partial charge in [0, 0.05) is 17.7 Å². The van der Waals surface area contributed by atoms with Gasteiger partial charge in [-0.1, -0.05) is 18.7 Å². The van der Waals surface area contributed by atoms with Crippen LogP contribution in [0.15, 0.2) is 49.1 Å². The summed E-state index contributed by atoms with van der Waals surface area (Å²) in [5.41, 5.74) is 4.45. The molecule has 2 aromatic carbocycles. The van der Waals surface area contributed by atoms with Gasteiger partial charge in [0.1, 0.15) is 12.4 Å². The Hall–Kier alpha value is -4.01. The zero-order valence-electron chi connectivity index (χ0n) is 18.8. The maximum atomic E-state index is 14.9. The largest absolute Gasteiger partial charge is 0.488 e. The number of imidazole rings is 1. The molecule has 35 heavy (non-hydrogen) atoms. The molecule has 2 aliphatic rings. The van der Waals surface area contributed by atoms with E-state index < -0.39 is 11.7 Å². The lowest BCUT2D eigenvalue weighted by Gasteiger charge is -2.15. The van der Waals surface area contributed by atoms with E-state index in [0.29, 0.717) is 24.0 Å². The van der Waals surface area contributed by atoms with E-state index in [1.165, 1.54) is 6.07 Å². The van der Waals surface area contributed by atoms with E-state index in [-0.39, 0.29) is 19.0 Å². The van der Waals surface area contributed by atoms with Crippen molar-refractivity contribution in [2.75, 3.05) is 11.9 Å². The van der Waals surface area contributed by atoms with E-state index in [9.17, 15) is 9.18 Å². The van der Waals surface area contributed by atoms with E-state index >= 15 is 0 Å². The topological polar surface area (TPSA) is 86.9 Å². The molecule has 0 radical (unpaired) electrons. The fourth-order valence-corrected chi connectivity index (χ4v) is 4.39. The van der Waals surface area contributed by atoms with Crippen molar-refractivity contribution < 1.29 is 13.9 Å². The van der Waals surface area contributed by atoms with E-state index in [1.54, 1.807) is 29.3 Å². The molecule has 0 bridgehead atoms. The average Bonchev–Trinajstić information content (AvgIpc) is 3.38. The van der Waals surface area contributed by atoms with Crippen LogP contribution in [-0.4, -0.2) is 37.1 Å². The van der Waals surface area contributed by atoms with Gasteiger partial charge in [-0.3, -0.25) is 4.79 Å². The number of carbonyl (C=O) groups is 1. The van der Waals surface area contributed by atoms with Gasteiger partial charge >= 0.3 is 0 Å². The van der Waals surface area contributed by atoms with Crippen LogP contribution in [0.4, 0.5) is 10.1 Å². The van der Waals surface area contributed by atoms with Crippen LogP contribution in [0.25, 0.3) is 16.9 Å². The van der Waals surface area contributed by atoms with Gasteiger partial charge in [-0.05, 0) is 56.5 Å². The highest BCUT2D eigenvalue weighted by Crippen LogP contribution is 2.40. The maximum Gasteiger partial charge on any atom is 0.258 e. The Kier molecular flexibility index (Phi) is 5.62. The first kappa shape index (κ1) is 22.8. The summed E-state index contributed by atoms with van der Waals surface area (Å²) < 4.78 is 24.6. The predicted molar refractivity (Wildman–Crippen MR) is 131 cm³/mol. The van der Waals surface area contributed by atoms with Gasteiger partial charge in [0.25, 0.3) is 5.91 Å². The molecule has 4 aromatic rings. The minimum absolute atomic E-state index is 0. The Labute approximate surface area is 202 Å². The summed E-state index contributed by atoms with van der Waals surface area (Å²) in [6.45, 7) is 4.17. The average molecular weight is 475 g/mol. The summed E-state index contributed by atoms with van der Waals surface area (Å²) in [5, 5.41) is 11.0. The molecule has 9 heteroatoms. The second-order valence-corrected chi connectivity index (χ2v) is 8.96. The first-order valence-electron chi connectivity index (χ1n) is 11.3. The monoisotopic (exact) mass is 474 g/mol. The molecule has 3 heterocycles. The van der Waals surface area contributed by atoms with Crippen molar-refractivity contribution in [1.82, 2.24) is 24.5 Å². The number of aromatic nitrogens is 5. The van der Waals surface area contributed by atoms with E-state index in [1.807, 2.05) is 36.7 Å². The summed E-state index contributed by atoms with van der Waals surface area (Å²) in [6, 6.07) is 8.37. The van der Waals surface area contributed by atoms with Crippen molar-refractivity contribution in [1.29, 1.82) is 0 Å². The Morgan fingerprint density at radius 1 is 1.26 bits per heavy atom. The van der Waals surface area contributed by atoms with Crippen LogP contribution >= 0.6 is 0 Å². The molecule has 1 saturated carbocycles. The SMILES string of the molecule is C.Cc1cc(F)c(C(=O)Nc2cccc3c2OCC(C)n2nncc2-3)cc1-n1cnc(C2CC2)c1. The number of fused-ring (bicyclic) bond motifs is 3. The number of aryl methyl sites for hydroxylation is 1. The predicted octanol–water partition coefficient (Wildman–Crippen LogP) is 5.30. The van der Waals surface area contributed by atoms with Gasteiger partial charge in [-0.15, -0.1) is 5.10 Å². The molecule has 1 atom stereocenters. The van der Waals surface area contributed by atoms with Crippen LogP contribution in [0, 0.1) is 12.7 Å². The highest BCUT2D eigenvalue weighted by atomic mass is 19.1. The Balaban J connectivity index is 0.00000253. The van der Waals surface area contributed by atoms with Gasteiger partial charge in [-0.2, -0.15) is 0 Å². The number of hydrogen-bond donors (Lipinski definition) is 1. The van der Waals surface area contributed by atoms with Crippen molar-refractivity contribution in [2.45, 2.75) is 46.1 Å². The molecule has 1 aliphatic heterocycles. The number of nitrogens with zero attached hydrogens (tertiary/aromatic N) is 5. The molecule has 180 valence electrons. The molecule has 1 amide bonds. The van der Waals surface area contributed by atoms with Crippen molar-refractivity contribution in [3.63, 3.8) is 0 Å². The second-order valence-electron chi connectivity index (χ2n) is 8.96. The Bertz CT molecular complexity index is 1420. The molecular formula is C26H27FN6O2. The Morgan fingerprint density at radius 2 is 2.09 bits per heavy atom. The zero-order chi connectivity index (χ0) is 23.4. The van der Waals surface area contributed by atoms with E-state index in [2.05, 4.69) is 20.6 Å². The van der Waals surface area contributed by atoms with Gasteiger partial charge in [0.2, 0.25) is 0 Å². The van der Waals surface area contributed by atoms with Crippen molar-refractivity contribution in [3.8, 4) is 22.7 Å². The lowest BCUT2D eigenvalue weighted by atomic mass is 10.1. The van der Waals surface area contributed by atoms with Gasteiger partial charge in [0.05, 0.1) is 46.9 Å². The quantitative estimate of drug-likeness (QED) is 0.434. The number of rotatable bonds is 4. The first-order chi connectivity index (χ1) is 16.5. The van der Waals surface area contributed by atoms with Crippen LogP contribution in [-0.2, 0) is 0 Å². The van der Waals surface area contributed by atoms with Gasteiger partial charge in [-0.25, -0.2) is 14.1 Å². The zero-order valence-corrected chi connectivity index (χ0v) is 18.8. The number of para-hydroxylation sites is 1. The molecule has 1 N–H and O–H groups in total. The molecule has 2 aromatic heterocycles. The number of ether oxygens (including phenoxy) is 1. The molecule has 0 spiro atoms. The minimum Gasteiger partial charge on any atom is -0.488 e. The van der Waals surface area contributed by atoms with Crippen molar-refractivity contribution >= 4 is 11.6 Å². The molecule has 1 aliphatic carbocycles. The summed E-state index contributed by atoms with van der Waals surface area (Å²) in [7, 11) is 0. The molecule has 6 rings (SSSR count). The minimum atomic E-state index is -0.583. The lowest BCUT2D eigenvalue weighted by Crippen LogP contribution is -2.16. The first-order valence-corrected chi connectivity index (χ1v) is 11.3. The molecule has 8 nitrogen and oxygen atoms in total. The third-order valence-electron chi connectivity index (χ3n) is 6.41. The molecule has 0 saturated heterocycles. The van der Waals surface area contributed by atoms with E-state index in [0.717, 1.165) is 41.0 Å². The van der Waals surface area contributed by atoms with Crippen LogP contribution in [0.3, 0.4) is 0 Å². The molecule has 1 fully saturated rings. The number of hydrogen-bond acceptors (Lipinski definition) is 5. The number of nitrogens with one attached hydrogen (secondary N) is 1. The van der Waals surface area contributed by atoms with Gasteiger partial charge in [0.15, 0.2) is 5.75 Å². The standard InChI is InChI=1S/C25H23FN6O2.CH4/c1-14-8-19(26)18(9-22(14)31-11-21(27-13-31)16-6-7-16)25(33)29-20-5-3-4-17-23-10-28-30-32(23)15(2)12-34-24(17)20;/h3-5,8-11,13,15-16H,6-7,12H2,1-2H3,(H,29,33);1H4.